The zero-order chi connectivity index (χ0) is 18.4. The third-order valence-corrected chi connectivity index (χ3v) is 2.82. The van der Waals surface area contributed by atoms with Gasteiger partial charge in [0, 0.05) is 12.1 Å². The van der Waals surface area contributed by atoms with Crippen molar-refractivity contribution in [2.24, 2.45) is 0 Å². The average molecular weight is 360 g/mol. The van der Waals surface area contributed by atoms with E-state index in [4.69, 9.17) is 0 Å². The maximum Gasteiger partial charge on any atom is 0.431 e. The van der Waals surface area contributed by atoms with Crippen molar-refractivity contribution in [3.63, 3.8) is 0 Å². The van der Waals surface area contributed by atoms with Crippen LogP contribution in [-0.2, 0) is 12.4 Å². The molecular weight excluding hydrogens is 356 g/mol. The fourth-order valence-electron chi connectivity index (χ4n) is 1.80. The van der Waals surface area contributed by atoms with E-state index in [1.807, 2.05) is 0 Å². The summed E-state index contributed by atoms with van der Waals surface area (Å²) in [6.07, 6.45) is -10.3. The Hall–Kier alpha value is -2.66. The predicted molar refractivity (Wildman–Crippen MR) is 62.6 cm³/mol. The molecule has 0 radical (unpaired) electrons. The molecule has 1 N–H and O–H groups in total. The molecule has 0 aliphatic rings. The van der Waals surface area contributed by atoms with Gasteiger partial charge in [-0.1, -0.05) is 0 Å². The van der Waals surface area contributed by atoms with Gasteiger partial charge in [0.2, 0.25) is 0 Å². The summed E-state index contributed by atoms with van der Waals surface area (Å²) in [5.41, 5.74) is -8.51. The molecule has 24 heavy (non-hydrogen) atoms. The van der Waals surface area contributed by atoms with E-state index in [0.29, 0.717) is 0 Å². The summed E-state index contributed by atoms with van der Waals surface area (Å²) in [7, 11) is 0. The number of H-pyrrole nitrogens is 1. The van der Waals surface area contributed by atoms with Gasteiger partial charge in [-0.25, -0.2) is 18.1 Å². The molecule has 0 aliphatic heterocycles. The zero-order valence-corrected chi connectivity index (χ0v) is 11.0. The van der Waals surface area contributed by atoms with E-state index in [-0.39, 0.29) is 22.8 Å². The topological polar surface area (TPSA) is 54.9 Å². The number of hydrogen-bond donors (Lipinski definition) is 1. The summed E-state index contributed by atoms with van der Waals surface area (Å²) in [4.78, 5) is 24.4. The van der Waals surface area contributed by atoms with E-state index in [1.165, 1.54) is 4.98 Å². The van der Waals surface area contributed by atoms with Gasteiger partial charge in [0.05, 0.1) is 11.3 Å². The molecule has 0 unspecified atom stereocenters. The van der Waals surface area contributed by atoms with E-state index < -0.39 is 52.2 Å². The van der Waals surface area contributed by atoms with Crippen LogP contribution in [0, 0.1) is 11.6 Å². The minimum atomic E-state index is -5.25. The number of hydrogen-bond acceptors (Lipinski definition) is 2. The molecule has 1 aromatic carbocycles. The van der Waals surface area contributed by atoms with Crippen molar-refractivity contribution in [3.05, 3.63) is 61.9 Å². The molecule has 4 nitrogen and oxygen atoms in total. The first-order chi connectivity index (χ1) is 10.8. The van der Waals surface area contributed by atoms with Crippen molar-refractivity contribution in [1.82, 2.24) is 9.55 Å². The molecule has 0 atom stereocenters. The monoisotopic (exact) mass is 360 g/mol. The lowest BCUT2D eigenvalue weighted by molar-refractivity contribution is -0.142. The van der Waals surface area contributed by atoms with Crippen LogP contribution >= 0.6 is 0 Å². The molecule has 0 amide bonds. The summed E-state index contributed by atoms with van der Waals surface area (Å²) in [6.45, 7) is 0. The van der Waals surface area contributed by atoms with Crippen molar-refractivity contribution in [2.45, 2.75) is 12.4 Å². The van der Waals surface area contributed by atoms with Crippen LogP contribution < -0.4 is 11.2 Å². The van der Waals surface area contributed by atoms with Crippen LogP contribution in [0.15, 0.2) is 27.8 Å². The van der Waals surface area contributed by atoms with Crippen LogP contribution in [0.2, 0.25) is 0 Å². The van der Waals surface area contributed by atoms with Crippen LogP contribution in [0.4, 0.5) is 35.1 Å². The quantitative estimate of drug-likeness (QED) is 0.796. The molecule has 0 fully saturated rings. The zero-order valence-electron chi connectivity index (χ0n) is 11.0. The predicted octanol–water partition coefficient (Wildman–Crippen LogP) is 2.84. The van der Waals surface area contributed by atoms with E-state index in [2.05, 4.69) is 0 Å². The molecule has 0 aliphatic carbocycles. The smallest absolute Gasteiger partial charge is 0.303 e. The Morgan fingerprint density at radius 3 is 1.88 bits per heavy atom. The highest BCUT2D eigenvalue weighted by Crippen LogP contribution is 2.33. The summed E-state index contributed by atoms with van der Waals surface area (Å²) in [5, 5.41) is 0. The van der Waals surface area contributed by atoms with Gasteiger partial charge in [-0.15, -0.1) is 0 Å². The molecule has 1 aromatic heterocycles. The van der Waals surface area contributed by atoms with Crippen LogP contribution in [0.25, 0.3) is 5.69 Å². The second-order valence-corrected chi connectivity index (χ2v) is 4.44. The molecule has 2 rings (SSSR count). The van der Waals surface area contributed by atoms with Crippen LogP contribution in [-0.4, -0.2) is 9.55 Å². The van der Waals surface area contributed by atoms with Gasteiger partial charge in [0.15, 0.2) is 0 Å². The maximum absolute atomic E-state index is 13.7. The van der Waals surface area contributed by atoms with Crippen molar-refractivity contribution >= 4 is 0 Å². The summed E-state index contributed by atoms with van der Waals surface area (Å²) < 4.78 is 102. The Morgan fingerprint density at radius 2 is 1.42 bits per heavy atom. The van der Waals surface area contributed by atoms with E-state index in [0.717, 1.165) is 0 Å². The standard InChI is InChI=1S/C12H4F8N2O2/c13-5-2-7(6(14)1-4(5)11(15,16)17)22-9(23)3-8(12(18,19)20)21-10(22)24/h1-3H,(H,21,24). The molecule has 130 valence electrons. The number of benzene rings is 1. The van der Waals surface area contributed by atoms with Gasteiger partial charge < -0.3 is 4.98 Å². The molecule has 0 saturated carbocycles. The number of nitrogens with zero attached hydrogens (tertiary/aromatic N) is 1. The number of rotatable bonds is 1. The minimum Gasteiger partial charge on any atom is -0.303 e. The van der Waals surface area contributed by atoms with E-state index >= 15 is 0 Å². The van der Waals surface area contributed by atoms with Gasteiger partial charge in [0.1, 0.15) is 17.3 Å². The highest BCUT2D eigenvalue weighted by molar-refractivity contribution is 5.38. The number of alkyl halides is 6. The van der Waals surface area contributed by atoms with E-state index in [9.17, 15) is 44.7 Å². The Kier molecular flexibility index (Phi) is 4.02. The fourth-order valence-corrected chi connectivity index (χ4v) is 1.80. The lowest BCUT2D eigenvalue weighted by atomic mass is 10.1. The molecule has 12 heteroatoms. The summed E-state index contributed by atoms with van der Waals surface area (Å²) in [5.74, 6) is -3.83. The lowest BCUT2D eigenvalue weighted by Crippen LogP contribution is -2.36. The molecular formula is C12H4F8N2O2. The summed E-state index contributed by atoms with van der Waals surface area (Å²) in [6, 6.07) is -0.535. The molecule has 0 bridgehead atoms. The van der Waals surface area contributed by atoms with Crippen molar-refractivity contribution < 1.29 is 35.1 Å². The highest BCUT2D eigenvalue weighted by atomic mass is 19.4. The maximum atomic E-state index is 13.7. The second kappa shape index (κ2) is 5.46. The van der Waals surface area contributed by atoms with Crippen molar-refractivity contribution in [3.8, 4) is 5.69 Å². The first-order valence-corrected chi connectivity index (χ1v) is 5.82. The highest BCUT2D eigenvalue weighted by Gasteiger charge is 2.36. The lowest BCUT2D eigenvalue weighted by Gasteiger charge is -2.12. The second-order valence-electron chi connectivity index (χ2n) is 4.44. The number of aromatic amines is 1. The molecule has 2 aromatic rings. The Morgan fingerprint density at radius 1 is 0.833 bits per heavy atom. The normalized spacial score (nSPS) is 12.5. The fraction of sp³-hybridized carbons (Fsp3) is 0.167. The molecule has 0 saturated heterocycles. The first kappa shape index (κ1) is 17.7. The van der Waals surface area contributed by atoms with Crippen molar-refractivity contribution in [1.29, 1.82) is 0 Å². The minimum absolute atomic E-state index is 0.109. The molecule has 1 heterocycles. The van der Waals surface area contributed by atoms with Gasteiger partial charge in [-0.3, -0.25) is 4.79 Å². The van der Waals surface area contributed by atoms with E-state index in [1.54, 1.807) is 0 Å². The Bertz CT molecular complexity index is 876. The van der Waals surface area contributed by atoms with Crippen LogP contribution in [0.3, 0.4) is 0 Å². The van der Waals surface area contributed by atoms with Crippen LogP contribution in [0.5, 0.6) is 0 Å². The largest absolute Gasteiger partial charge is 0.431 e. The Labute approximate surface area is 126 Å². The van der Waals surface area contributed by atoms with Gasteiger partial charge >= 0.3 is 18.0 Å². The summed E-state index contributed by atoms with van der Waals surface area (Å²) >= 11 is 0. The van der Waals surface area contributed by atoms with Crippen molar-refractivity contribution in [2.75, 3.05) is 0 Å². The Balaban J connectivity index is 2.73. The number of nitrogens with one attached hydrogen (secondary N) is 1. The SMILES string of the molecule is O=c1cc(C(F)(F)F)[nH]c(=O)n1-c1cc(F)c(C(F)(F)F)cc1F. The van der Waals surface area contributed by atoms with Crippen LogP contribution in [0.1, 0.15) is 11.3 Å². The van der Waals surface area contributed by atoms with Gasteiger partial charge in [-0.05, 0) is 6.07 Å². The van der Waals surface area contributed by atoms with Gasteiger partial charge in [0.25, 0.3) is 5.56 Å². The number of aromatic nitrogens is 2. The number of halogens is 8. The third-order valence-electron chi connectivity index (χ3n) is 2.82. The van der Waals surface area contributed by atoms with Gasteiger partial charge in [-0.2, -0.15) is 26.3 Å². The first-order valence-electron chi connectivity index (χ1n) is 5.82. The third kappa shape index (κ3) is 3.16. The average Bonchev–Trinajstić information content (AvgIpc) is 2.39. The molecule has 0 spiro atoms.